The molecule has 0 amide bonds. The molecule has 0 aliphatic carbocycles. The van der Waals surface area contributed by atoms with Gasteiger partial charge in [0.25, 0.3) is 11.4 Å². The van der Waals surface area contributed by atoms with Crippen LogP contribution in [0.2, 0.25) is 10.0 Å². The predicted molar refractivity (Wildman–Crippen MR) is 94.8 cm³/mol. The van der Waals surface area contributed by atoms with E-state index in [1.54, 1.807) is 0 Å². The first-order chi connectivity index (χ1) is 11.3. The van der Waals surface area contributed by atoms with Gasteiger partial charge in [-0.15, -0.1) is 0 Å². The molecule has 0 saturated heterocycles. The van der Waals surface area contributed by atoms with Gasteiger partial charge in [-0.1, -0.05) is 39.1 Å². The lowest BCUT2D eigenvalue weighted by Crippen LogP contribution is -1.91. The minimum absolute atomic E-state index is 0.0638. The molecule has 0 bridgehead atoms. The maximum Gasteiger partial charge on any atom is 0.269 e. The molecule has 0 saturated carbocycles. The molecule has 0 heterocycles. The van der Waals surface area contributed by atoms with Crippen molar-refractivity contribution in [2.24, 2.45) is 0 Å². The van der Waals surface area contributed by atoms with E-state index in [1.165, 1.54) is 36.4 Å². The number of nitro groups is 2. The lowest BCUT2D eigenvalue weighted by atomic mass is 10.2. The third-order valence-corrected chi connectivity index (χ3v) is 4.14. The lowest BCUT2D eigenvalue weighted by Gasteiger charge is -1.98. The molecule has 7 nitrogen and oxygen atoms in total. The molecule has 0 aromatic heterocycles. The van der Waals surface area contributed by atoms with E-state index < -0.39 is 9.85 Å². The van der Waals surface area contributed by atoms with Crippen molar-refractivity contribution in [3.63, 3.8) is 0 Å². The third-order valence-electron chi connectivity index (χ3n) is 2.79. The van der Waals surface area contributed by atoms with Gasteiger partial charge in [0.05, 0.1) is 16.5 Å². The molecular weight excluding hydrogens is 427 g/mol. The highest BCUT2D eigenvalue weighted by Crippen LogP contribution is 2.23. The van der Waals surface area contributed by atoms with Gasteiger partial charge < -0.3 is 5.11 Å². The van der Waals surface area contributed by atoms with Crippen molar-refractivity contribution in [2.45, 2.75) is 11.9 Å². The third kappa shape index (κ3) is 5.72. The second kappa shape index (κ2) is 9.53. The molecule has 128 valence electrons. The van der Waals surface area contributed by atoms with Crippen molar-refractivity contribution in [3.05, 3.63) is 77.8 Å². The summed E-state index contributed by atoms with van der Waals surface area (Å²) in [6.07, 6.45) is 0. The number of benzene rings is 2. The largest absolute Gasteiger partial charge is 0.392 e. The quantitative estimate of drug-likeness (QED) is 0.416. The number of halogens is 3. The number of rotatable bonds is 4. The van der Waals surface area contributed by atoms with E-state index in [0.717, 1.165) is 5.56 Å². The molecule has 0 unspecified atom stereocenters. The van der Waals surface area contributed by atoms with Gasteiger partial charge in [-0.25, -0.2) is 0 Å². The van der Waals surface area contributed by atoms with Crippen LogP contribution in [0.25, 0.3) is 0 Å². The van der Waals surface area contributed by atoms with E-state index in [0.29, 0.717) is 20.9 Å². The number of nitrogens with zero attached hydrogens (tertiary/aromatic N) is 2. The fourth-order valence-corrected chi connectivity index (χ4v) is 2.56. The molecule has 0 aliphatic heterocycles. The molecule has 24 heavy (non-hydrogen) atoms. The fourth-order valence-electron chi connectivity index (χ4n) is 1.57. The topological polar surface area (TPSA) is 107 Å². The Morgan fingerprint density at radius 3 is 1.71 bits per heavy atom. The smallest absolute Gasteiger partial charge is 0.269 e. The van der Waals surface area contributed by atoms with Crippen LogP contribution >= 0.6 is 39.1 Å². The first-order valence-corrected chi connectivity index (χ1v) is 8.20. The minimum atomic E-state index is -0.532. The number of aliphatic hydroxyl groups is 1. The Balaban J connectivity index is 0.000000240. The Morgan fingerprint density at radius 1 is 0.917 bits per heavy atom. The summed E-state index contributed by atoms with van der Waals surface area (Å²) in [4.78, 5) is 19.6. The average molecular weight is 438 g/mol. The number of hydrogen-bond acceptors (Lipinski definition) is 5. The van der Waals surface area contributed by atoms with Crippen molar-refractivity contribution < 1.29 is 15.0 Å². The standard InChI is InChI=1S/C7H5BrClNO2.C7H6ClNO3/c8-4-5-3-6(10(11)12)1-2-7(5)9;8-7-2-1-6(9(11)12)3-5(7)4-10/h1-3H,4H2;1-3,10H,4H2. The Morgan fingerprint density at radius 2 is 1.33 bits per heavy atom. The second-order valence-electron chi connectivity index (χ2n) is 4.36. The zero-order chi connectivity index (χ0) is 18.3. The van der Waals surface area contributed by atoms with Crippen LogP contribution < -0.4 is 0 Å². The molecule has 0 aliphatic rings. The van der Waals surface area contributed by atoms with E-state index >= 15 is 0 Å². The van der Waals surface area contributed by atoms with Gasteiger partial charge in [-0.3, -0.25) is 20.2 Å². The summed E-state index contributed by atoms with van der Waals surface area (Å²) < 4.78 is 0. The molecule has 1 N–H and O–H groups in total. The molecule has 2 aromatic carbocycles. The van der Waals surface area contributed by atoms with Crippen molar-refractivity contribution >= 4 is 50.5 Å². The zero-order valence-corrected chi connectivity index (χ0v) is 15.1. The maximum absolute atomic E-state index is 10.3. The van der Waals surface area contributed by atoms with E-state index in [2.05, 4.69) is 15.9 Å². The average Bonchev–Trinajstić information content (AvgIpc) is 2.55. The van der Waals surface area contributed by atoms with E-state index in [1.807, 2.05) is 0 Å². The maximum atomic E-state index is 10.3. The predicted octanol–water partition coefficient (Wildman–Crippen LogP) is 4.88. The zero-order valence-electron chi connectivity index (χ0n) is 12.0. The van der Waals surface area contributed by atoms with E-state index in [4.69, 9.17) is 28.3 Å². The normalized spacial score (nSPS) is 9.83. The van der Waals surface area contributed by atoms with Gasteiger partial charge in [0.2, 0.25) is 0 Å². The summed E-state index contributed by atoms with van der Waals surface area (Å²) >= 11 is 14.6. The Bertz CT molecular complexity index is 694. The molecule has 0 fully saturated rings. The van der Waals surface area contributed by atoms with Crippen LogP contribution in [0.3, 0.4) is 0 Å². The van der Waals surface area contributed by atoms with Crippen LogP contribution in [-0.4, -0.2) is 15.0 Å². The number of non-ortho nitro benzene ring substituents is 2. The summed E-state index contributed by atoms with van der Waals surface area (Å²) in [5, 5.41) is 30.7. The van der Waals surface area contributed by atoms with Gasteiger partial charge in [0.1, 0.15) is 0 Å². The number of alkyl halides is 1. The first-order valence-electron chi connectivity index (χ1n) is 6.32. The summed E-state index contributed by atoms with van der Waals surface area (Å²) in [7, 11) is 0. The van der Waals surface area contributed by atoms with Crippen LogP contribution in [0.1, 0.15) is 11.1 Å². The molecule has 0 radical (unpaired) electrons. The van der Waals surface area contributed by atoms with Crippen molar-refractivity contribution in [1.29, 1.82) is 0 Å². The summed E-state index contributed by atoms with van der Waals surface area (Å²) in [6, 6.07) is 8.30. The van der Waals surface area contributed by atoms with Crippen molar-refractivity contribution in [2.75, 3.05) is 0 Å². The summed E-state index contributed by atoms with van der Waals surface area (Å²) in [5.41, 5.74) is 1.09. The first kappa shape index (κ1) is 20.3. The van der Waals surface area contributed by atoms with Gasteiger partial charge in [-0.05, 0) is 17.7 Å². The fraction of sp³-hybridized carbons (Fsp3) is 0.143. The highest BCUT2D eigenvalue weighted by molar-refractivity contribution is 9.08. The monoisotopic (exact) mass is 436 g/mol. The van der Waals surface area contributed by atoms with Crippen LogP contribution in [0.5, 0.6) is 0 Å². The van der Waals surface area contributed by atoms with Crippen molar-refractivity contribution in [3.8, 4) is 0 Å². The van der Waals surface area contributed by atoms with E-state index in [9.17, 15) is 20.2 Å². The molecular formula is C14H11BrCl2N2O5. The molecule has 10 heteroatoms. The highest BCUT2D eigenvalue weighted by atomic mass is 79.9. The summed E-state index contributed by atoms with van der Waals surface area (Å²) in [5.74, 6) is 0. The molecule has 2 rings (SSSR count). The molecule has 0 spiro atoms. The highest BCUT2D eigenvalue weighted by Gasteiger charge is 2.08. The van der Waals surface area contributed by atoms with Crippen LogP contribution in [-0.2, 0) is 11.9 Å². The van der Waals surface area contributed by atoms with Gasteiger partial charge in [0.15, 0.2) is 0 Å². The van der Waals surface area contributed by atoms with E-state index in [-0.39, 0.29) is 18.0 Å². The number of hydrogen-bond donors (Lipinski definition) is 1. The Labute approximate surface area is 155 Å². The second-order valence-corrected chi connectivity index (χ2v) is 5.73. The molecule has 2 aromatic rings. The van der Waals surface area contributed by atoms with Gasteiger partial charge >= 0.3 is 0 Å². The number of nitro benzene ring substituents is 2. The number of aliphatic hydroxyl groups excluding tert-OH is 1. The SMILES string of the molecule is O=[N+]([O-])c1ccc(Cl)c(CBr)c1.O=[N+]([O-])c1ccc(Cl)c(CO)c1. The van der Waals surface area contributed by atoms with Crippen LogP contribution in [0.4, 0.5) is 11.4 Å². The molecule has 0 atom stereocenters. The van der Waals surface area contributed by atoms with Crippen molar-refractivity contribution in [1.82, 2.24) is 0 Å². The Hall–Kier alpha value is -1.74. The summed E-state index contributed by atoms with van der Waals surface area (Å²) in [6.45, 7) is -0.291. The Kier molecular flexibility index (Phi) is 8.06. The minimum Gasteiger partial charge on any atom is -0.392 e. The van der Waals surface area contributed by atoms with Crippen LogP contribution in [0, 0.1) is 20.2 Å². The van der Waals surface area contributed by atoms with Crippen LogP contribution in [0.15, 0.2) is 36.4 Å². The van der Waals surface area contributed by atoms with Gasteiger partial charge in [0, 0.05) is 45.2 Å². The van der Waals surface area contributed by atoms with Gasteiger partial charge in [-0.2, -0.15) is 0 Å². The lowest BCUT2D eigenvalue weighted by molar-refractivity contribution is -0.385.